The van der Waals surface area contributed by atoms with Gasteiger partial charge in [0, 0.05) is 10.8 Å². The molecule has 0 spiro atoms. The maximum Gasteiger partial charge on any atom is 0.128 e. The van der Waals surface area contributed by atoms with Gasteiger partial charge in [-0.1, -0.05) is 137 Å². The molecule has 13 rings (SSSR count). The Morgan fingerprint density at radius 3 is 0.624 bits per heavy atom. The second-order valence-electron chi connectivity index (χ2n) is 21.4. The van der Waals surface area contributed by atoms with Gasteiger partial charge in [-0.25, -0.2) is 0 Å². The summed E-state index contributed by atoms with van der Waals surface area (Å²) in [6, 6.07) is 0. The van der Waals surface area contributed by atoms with E-state index in [0.29, 0.717) is 0 Å². The number of fused-ring (bicyclic) bond motifs is 4. The molecular formula is C54B30O. The van der Waals surface area contributed by atoms with Crippen molar-refractivity contribution in [3.05, 3.63) is 0 Å². The van der Waals surface area contributed by atoms with E-state index in [0.717, 1.165) is 0 Å². The largest absolute Gasteiger partial charge is 0.457 e. The van der Waals surface area contributed by atoms with Crippen molar-refractivity contribution < 1.29 is 4.42 Å². The first-order chi connectivity index (χ1) is 39.8. The number of rotatable bonds is 3. The number of hydrogen-bond donors (Lipinski definition) is 0. The highest BCUT2D eigenvalue weighted by atomic mass is 16.3. The Labute approximate surface area is 530 Å². The SMILES string of the molecule is [B]c1c(-c2c([B])c([B])c3oc4c([B])c5c([B])c([B])c([B])c([B])c5c([B])c4c3c2[B])c([B])c(-c2c([B])c([B])c3c([B])c([B])c4c([B])c([B])c([B])c5c([B])c([B])c2c3c45)c([B])c1-c1c([B])c([B])c2c([B])c([B])c3c([B])c([B])c([B])c4c([B])c([B])c1c2c34. The van der Waals surface area contributed by atoms with Gasteiger partial charge >= 0.3 is 0 Å². The average molecular weight is 989 g/mol. The van der Waals surface area contributed by atoms with Crippen LogP contribution in [0.2, 0.25) is 0 Å². The lowest BCUT2D eigenvalue weighted by molar-refractivity contribution is 0.675. The Morgan fingerprint density at radius 1 is 0.106 bits per heavy atom. The minimum atomic E-state index is -0.304. The van der Waals surface area contributed by atoms with E-state index in [1.54, 1.807) is 0 Å². The summed E-state index contributed by atoms with van der Waals surface area (Å²) in [6.45, 7) is 0. The van der Waals surface area contributed by atoms with Crippen molar-refractivity contribution >= 4 is 497 Å². The summed E-state index contributed by atoms with van der Waals surface area (Å²) < 4.78 is 6.44. The molecular weight excluding hydrogens is 989 g/mol. The Balaban J connectivity index is 1.32. The van der Waals surface area contributed by atoms with Crippen molar-refractivity contribution in [2.24, 2.45) is 0 Å². The molecule has 1 aromatic heterocycles. The zero-order valence-corrected chi connectivity index (χ0v) is 44.7. The molecule has 0 unspecified atom stereocenters. The smallest absolute Gasteiger partial charge is 0.128 e. The third kappa shape index (κ3) is 6.92. The first kappa shape index (κ1) is 58.7. The van der Waals surface area contributed by atoms with E-state index in [9.17, 15) is 0 Å². The standard InChI is InChI=1S/C54B30O/c55-23-15(7-5-1-3-11(34(66)28(5)60)40(72)48(80)42(74)13(3)38(70)36(68)9(1)32(64)30(7)62)24(56)17(18-26(58)22-21-27(59)19-20(45(77)51(83)50(82)44(19)76)47(79)53(21)85-54(22)52(84)46(18)78)25(57)16(23)8-6-2-4-12(35(67)29(6)61)41(73)49(81)43(75)14(4)39(71)37(69)10(2)33(65)31(8)63. The molecule has 1 nitrogen and oxygen atoms in total. The highest BCUT2D eigenvalue weighted by Gasteiger charge is 2.33. The summed E-state index contributed by atoms with van der Waals surface area (Å²) in [5.41, 5.74) is -4.71. The predicted octanol–water partition coefficient (Wildman–Crippen LogP) is -20.7. The number of benzene rings is 12. The van der Waals surface area contributed by atoms with Crippen LogP contribution in [0.5, 0.6) is 0 Å². The van der Waals surface area contributed by atoms with Crippen molar-refractivity contribution in [1.29, 1.82) is 0 Å². The molecule has 0 bridgehead atoms. The lowest BCUT2D eigenvalue weighted by Gasteiger charge is -2.34. The van der Waals surface area contributed by atoms with Crippen molar-refractivity contribution in [3.63, 3.8) is 0 Å². The van der Waals surface area contributed by atoms with Crippen molar-refractivity contribution in [2.45, 2.75) is 0 Å². The van der Waals surface area contributed by atoms with Gasteiger partial charge in [0.1, 0.15) is 247 Å². The lowest BCUT2D eigenvalue weighted by atomic mass is 9.55. The zero-order valence-electron chi connectivity index (χ0n) is 44.7. The Bertz CT molecular complexity index is 5190. The van der Waals surface area contributed by atoms with Crippen LogP contribution < -0.4 is 164 Å². The van der Waals surface area contributed by atoms with Crippen molar-refractivity contribution in [1.82, 2.24) is 0 Å². The Morgan fingerprint density at radius 2 is 0.294 bits per heavy atom. The van der Waals surface area contributed by atoms with Crippen LogP contribution >= 0.6 is 0 Å². The van der Waals surface area contributed by atoms with E-state index in [-0.39, 0.29) is 295 Å². The zero-order chi connectivity index (χ0) is 61.9. The fourth-order valence-corrected chi connectivity index (χ4v) is 13.4. The van der Waals surface area contributed by atoms with Gasteiger partial charge in [0.2, 0.25) is 0 Å². The molecule has 0 aliphatic carbocycles. The van der Waals surface area contributed by atoms with E-state index >= 15 is 0 Å². The fourth-order valence-electron chi connectivity index (χ4n) is 13.4. The van der Waals surface area contributed by atoms with Crippen LogP contribution in [0.25, 0.3) is 131 Å². The molecule has 0 saturated carbocycles. The molecule has 12 aromatic carbocycles. The lowest BCUT2D eigenvalue weighted by Crippen LogP contribution is -2.50. The molecule has 1 heterocycles. The summed E-state index contributed by atoms with van der Waals surface area (Å²) in [4.78, 5) is 0. The summed E-state index contributed by atoms with van der Waals surface area (Å²) in [6.07, 6.45) is 0. The monoisotopic (exact) mass is 994 g/mol. The van der Waals surface area contributed by atoms with Crippen LogP contribution in [0.4, 0.5) is 0 Å². The quantitative estimate of drug-likeness (QED) is 0.127. The van der Waals surface area contributed by atoms with Gasteiger partial charge in [-0.15, -0.1) is 21.9 Å². The maximum atomic E-state index is 7.72. The van der Waals surface area contributed by atoms with Gasteiger partial charge in [-0.05, 0) is 114 Å². The average Bonchev–Trinajstić information content (AvgIpc) is 0.907. The molecule has 0 atom stereocenters. The van der Waals surface area contributed by atoms with E-state index in [2.05, 4.69) is 0 Å². The third-order valence-corrected chi connectivity index (χ3v) is 17.5. The van der Waals surface area contributed by atoms with Gasteiger partial charge in [-0.3, -0.25) is 0 Å². The van der Waals surface area contributed by atoms with Crippen molar-refractivity contribution in [3.8, 4) is 33.4 Å². The molecule has 0 fully saturated rings. The number of hydrogen-bond acceptors (Lipinski definition) is 1. The molecule has 0 aliphatic heterocycles. The maximum absolute atomic E-state index is 7.72. The number of furan rings is 1. The third-order valence-electron chi connectivity index (χ3n) is 17.5. The van der Waals surface area contributed by atoms with Crippen LogP contribution in [0, 0.1) is 0 Å². The minimum absolute atomic E-state index is 0.0329. The summed E-state index contributed by atoms with van der Waals surface area (Å²) in [7, 11) is 210. The van der Waals surface area contributed by atoms with Crippen molar-refractivity contribution in [2.75, 3.05) is 0 Å². The molecule has 0 aliphatic rings. The van der Waals surface area contributed by atoms with Crippen LogP contribution in [0.1, 0.15) is 0 Å². The van der Waals surface area contributed by atoms with Gasteiger partial charge < -0.3 is 4.42 Å². The molecule has 0 saturated heterocycles. The van der Waals surface area contributed by atoms with Gasteiger partial charge in [-0.2, -0.15) is 0 Å². The summed E-state index contributed by atoms with van der Waals surface area (Å²) >= 11 is 0. The topological polar surface area (TPSA) is 13.1 Å². The fraction of sp³-hybridized carbons (Fsp3) is 0. The van der Waals surface area contributed by atoms with Gasteiger partial charge in [0.25, 0.3) is 0 Å². The van der Waals surface area contributed by atoms with E-state index < -0.39 is 0 Å². The highest BCUT2D eigenvalue weighted by molar-refractivity contribution is 6.80. The van der Waals surface area contributed by atoms with E-state index in [4.69, 9.17) is 240 Å². The van der Waals surface area contributed by atoms with Gasteiger partial charge in [0.15, 0.2) is 0 Å². The molecule has 60 radical (unpaired) electrons. The minimum Gasteiger partial charge on any atom is -0.457 e. The second kappa shape index (κ2) is 19.1. The van der Waals surface area contributed by atoms with E-state index in [1.807, 2.05) is 0 Å². The van der Waals surface area contributed by atoms with Gasteiger partial charge in [0.05, 0.1) is 0 Å². The Hall–Kier alpha value is -5.27. The highest BCUT2D eigenvalue weighted by Crippen LogP contribution is 2.38. The predicted molar refractivity (Wildman–Crippen MR) is 397 cm³/mol. The van der Waals surface area contributed by atoms with E-state index in [1.165, 1.54) is 0 Å². The van der Waals surface area contributed by atoms with Crippen LogP contribution in [-0.2, 0) is 0 Å². The molecule has 31 heteroatoms. The molecule has 0 N–H and O–H groups in total. The first-order valence-corrected chi connectivity index (χ1v) is 25.3. The molecule has 312 valence electrons. The van der Waals surface area contributed by atoms with Crippen LogP contribution in [0.3, 0.4) is 0 Å². The molecule has 13 aromatic rings. The Kier molecular flexibility index (Phi) is 13.2. The van der Waals surface area contributed by atoms with Crippen LogP contribution in [-0.4, -0.2) is 235 Å². The first-order valence-electron chi connectivity index (χ1n) is 25.3. The van der Waals surface area contributed by atoms with Crippen LogP contribution in [0.15, 0.2) is 4.42 Å². The summed E-state index contributed by atoms with van der Waals surface area (Å²) in [5, 5.41) is 2.22. The molecule has 0 amide bonds. The normalized spacial score (nSPS) is 12.2. The second-order valence-corrected chi connectivity index (χ2v) is 21.4. The molecule has 85 heavy (non-hydrogen) atoms. The summed E-state index contributed by atoms with van der Waals surface area (Å²) in [5.74, 6) is 0.